The predicted molar refractivity (Wildman–Crippen MR) is 51.4 cm³/mol. The molecule has 5 heteroatoms. The summed E-state index contributed by atoms with van der Waals surface area (Å²) >= 11 is 0. The van der Waals surface area contributed by atoms with E-state index >= 15 is 0 Å². The van der Waals surface area contributed by atoms with E-state index in [4.69, 9.17) is 4.52 Å². The molecule has 1 heterocycles. The summed E-state index contributed by atoms with van der Waals surface area (Å²) < 4.78 is 30.4. The lowest BCUT2D eigenvalue weighted by Gasteiger charge is -1.96. The Hall–Kier alpha value is -1.91. The topological polar surface area (TPSA) is 38.1 Å². The minimum atomic E-state index is -0.901. The van der Waals surface area contributed by atoms with Crippen molar-refractivity contribution in [3.8, 4) is 11.3 Å². The third kappa shape index (κ3) is 1.81. The monoisotopic (exact) mass is 210 g/mol. The molecule has 3 nitrogen and oxygen atoms in total. The third-order valence-corrected chi connectivity index (χ3v) is 1.97. The van der Waals surface area contributed by atoms with Crippen LogP contribution in [-0.4, -0.2) is 12.2 Å². The maximum absolute atomic E-state index is 12.9. The van der Waals surface area contributed by atoms with Gasteiger partial charge < -0.3 is 9.84 Å². The van der Waals surface area contributed by atoms with Crippen molar-refractivity contribution in [3.05, 3.63) is 35.9 Å². The number of benzene rings is 1. The summed E-state index contributed by atoms with van der Waals surface area (Å²) in [5, 5.41) is 6.45. The van der Waals surface area contributed by atoms with Gasteiger partial charge in [0.2, 0.25) is 5.88 Å². The molecule has 0 spiro atoms. The van der Waals surface area contributed by atoms with Gasteiger partial charge in [-0.2, -0.15) is 0 Å². The molecule has 1 N–H and O–H groups in total. The molecule has 0 unspecified atom stereocenters. The summed E-state index contributed by atoms with van der Waals surface area (Å²) in [6.07, 6.45) is 0. The van der Waals surface area contributed by atoms with Crippen LogP contribution in [0.1, 0.15) is 0 Å². The molecule has 0 aliphatic carbocycles. The van der Waals surface area contributed by atoms with Crippen molar-refractivity contribution < 1.29 is 13.3 Å². The molecule has 2 rings (SSSR count). The Kier molecular flexibility index (Phi) is 2.37. The van der Waals surface area contributed by atoms with Gasteiger partial charge in [0.25, 0.3) is 0 Å². The Bertz CT molecular complexity index is 482. The molecular weight excluding hydrogens is 202 g/mol. The first-order valence-electron chi connectivity index (χ1n) is 4.30. The fraction of sp³-hybridized carbons (Fsp3) is 0.100. The zero-order valence-corrected chi connectivity index (χ0v) is 7.92. The van der Waals surface area contributed by atoms with E-state index in [1.165, 1.54) is 6.07 Å². The van der Waals surface area contributed by atoms with Gasteiger partial charge >= 0.3 is 0 Å². The fourth-order valence-electron chi connectivity index (χ4n) is 1.18. The Morgan fingerprint density at radius 1 is 1.20 bits per heavy atom. The molecule has 0 fully saturated rings. The number of anilines is 1. The summed E-state index contributed by atoms with van der Waals surface area (Å²) in [7, 11) is 1.68. The van der Waals surface area contributed by atoms with Crippen molar-refractivity contribution in [2.24, 2.45) is 0 Å². The lowest BCUT2D eigenvalue weighted by Crippen LogP contribution is -1.85. The van der Waals surface area contributed by atoms with Crippen LogP contribution in [-0.2, 0) is 0 Å². The van der Waals surface area contributed by atoms with Crippen molar-refractivity contribution in [1.82, 2.24) is 5.16 Å². The van der Waals surface area contributed by atoms with Crippen LogP contribution in [0.3, 0.4) is 0 Å². The second-order valence-electron chi connectivity index (χ2n) is 2.96. The van der Waals surface area contributed by atoms with E-state index in [0.29, 0.717) is 17.1 Å². The number of nitrogens with one attached hydrogen (secondary N) is 1. The van der Waals surface area contributed by atoms with E-state index < -0.39 is 11.6 Å². The van der Waals surface area contributed by atoms with Crippen molar-refractivity contribution >= 4 is 5.88 Å². The maximum Gasteiger partial charge on any atom is 0.225 e. The highest BCUT2D eigenvalue weighted by Gasteiger charge is 2.08. The molecule has 0 radical (unpaired) electrons. The van der Waals surface area contributed by atoms with Gasteiger partial charge in [0.1, 0.15) is 5.69 Å². The van der Waals surface area contributed by atoms with Gasteiger partial charge in [-0.05, 0) is 18.2 Å². The predicted octanol–water partition coefficient (Wildman–Crippen LogP) is 2.66. The van der Waals surface area contributed by atoms with E-state index in [0.717, 1.165) is 12.1 Å². The molecule has 1 aromatic carbocycles. The molecule has 0 saturated carbocycles. The molecule has 1 aromatic heterocycles. The number of halogens is 2. The fourth-order valence-corrected chi connectivity index (χ4v) is 1.18. The number of nitrogens with zero attached hydrogens (tertiary/aromatic N) is 1. The SMILES string of the molecule is CNc1cc(-c2ccc(F)c(F)c2)no1. The summed E-state index contributed by atoms with van der Waals surface area (Å²) in [5.41, 5.74) is 0.928. The lowest BCUT2D eigenvalue weighted by molar-refractivity contribution is 0.436. The van der Waals surface area contributed by atoms with E-state index in [1.54, 1.807) is 13.1 Å². The van der Waals surface area contributed by atoms with Crippen LogP contribution in [0.15, 0.2) is 28.8 Å². The number of rotatable bonds is 2. The molecule has 0 amide bonds. The van der Waals surface area contributed by atoms with E-state index in [9.17, 15) is 8.78 Å². The molecule has 0 aliphatic heterocycles. The lowest BCUT2D eigenvalue weighted by atomic mass is 10.1. The van der Waals surface area contributed by atoms with Crippen LogP contribution in [0, 0.1) is 11.6 Å². The largest absolute Gasteiger partial charge is 0.357 e. The summed E-state index contributed by atoms with van der Waals surface area (Å²) in [4.78, 5) is 0. The third-order valence-electron chi connectivity index (χ3n) is 1.97. The highest BCUT2D eigenvalue weighted by molar-refractivity contribution is 5.61. The van der Waals surface area contributed by atoms with Crippen molar-refractivity contribution in [2.45, 2.75) is 0 Å². The molecule has 0 atom stereocenters. The quantitative estimate of drug-likeness (QED) is 0.828. The van der Waals surface area contributed by atoms with Gasteiger partial charge in [-0.1, -0.05) is 5.16 Å². The Morgan fingerprint density at radius 2 is 2.00 bits per heavy atom. The smallest absolute Gasteiger partial charge is 0.225 e. The van der Waals surface area contributed by atoms with Gasteiger partial charge in [0.05, 0.1) is 0 Å². The van der Waals surface area contributed by atoms with Gasteiger partial charge in [-0.3, -0.25) is 0 Å². The first-order chi connectivity index (χ1) is 7.20. The van der Waals surface area contributed by atoms with Gasteiger partial charge in [0, 0.05) is 18.7 Å². The minimum absolute atomic E-state index is 0.457. The average molecular weight is 210 g/mol. The Labute approximate surface area is 84.7 Å². The number of hydrogen-bond donors (Lipinski definition) is 1. The molecule has 0 saturated heterocycles. The molecule has 2 aromatic rings. The van der Waals surface area contributed by atoms with Crippen LogP contribution >= 0.6 is 0 Å². The minimum Gasteiger partial charge on any atom is -0.357 e. The maximum atomic E-state index is 12.9. The van der Waals surface area contributed by atoms with Gasteiger partial charge in [0.15, 0.2) is 11.6 Å². The van der Waals surface area contributed by atoms with Crippen molar-refractivity contribution in [1.29, 1.82) is 0 Å². The Balaban J connectivity index is 2.40. The first kappa shape index (κ1) is 9.64. The second kappa shape index (κ2) is 3.68. The van der Waals surface area contributed by atoms with Crippen molar-refractivity contribution in [2.75, 3.05) is 12.4 Å². The van der Waals surface area contributed by atoms with E-state index in [1.807, 2.05) is 0 Å². The van der Waals surface area contributed by atoms with Crippen LogP contribution in [0.5, 0.6) is 0 Å². The second-order valence-corrected chi connectivity index (χ2v) is 2.96. The van der Waals surface area contributed by atoms with Crippen LogP contribution in [0.25, 0.3) is 11.3 Å². The number of aromatic nitrogens is 1. The summed E-state index contributed by atoms with van der Waals surface area (Å²) in [6.45, 7) is 0. The first-order valence-corrected chi connectivity index (χ1v) is 4.30. The van der Waals surface area contributed by atoms with Crippen LogP contribution < -0.4 is 5.32 Å². The highest BCUT2D eigenvalue weighted by Crippen LogP contribution is 2.22. The molecule has 0 bridgehead atoms. The molecular formula is C10H8F2N2O. The Morgan fingerprint density at radius 3 is 2.60 bits per heavy atom. The van der Waals surface area contributed by atoms with Gasteiger partial charge in [-0.15, -0.1) is 0 Å². The normalized spacial score (nSPS) is 10.3. The molecule has 0 aliphatic rings. The van der Waals surface area contributed by atoms with E-state index in [-0.39, 0.29) is 0 Å². The van der Waals surface area contributed by atoms with Crippen LogP contribution in [0.2, 0.25) is 0 Å². The van der Waals surface area contributed by atoms with Crippen LogP contribution in [0.4, 0.5) is 14.7 Å². The molecule has 78 valence electrons. The zero-order chi connectivity index (χ0) is 10.8. The number of hydrogen-bond acceptors (Lipinski definition) is 3. The van der Waals surface area contributed by atoms with Crippen molar-refractivity contribution in [3.63, 3.8) is 0 Å². The summed E-state index contributed by atoms with van der Waals surface area (Å²) in [6, 6.07) is 5.17. The zero-order valence-electron chi connectivity index (χ0n) is 7.92. The highest BCUT2D eigenvalue weighted by atomic mass is 19.2. The summed E-state index contributed by atoms with van der Waals surface area (Å²) in [5.74, 6) is -1.31. The van der Waals surface area contributed by atoms with E-state index in [2.05, 4.69) is 10.5 Å². The molecule has 15 heavy (non-hydrogen) atoms. The average Bonchev–Trinajstić information content (AvgIpc) is 2.70. The standard InChI is InChI=1S/C10H8F2N2O/c1-13-10-5-9(14-15-10)6-2-3-7(11)8(12)4-6/h2-5,13H,1H3. The van der Waals surface area contributed by atoms with Gasteiger partial charge in [-0.25, -0.2) is 8.78 Å².